The van der Waals surface area contributed by atoms with Crippen LogP contribution >= 0.6 is 0 Å². The number of hydrogen-bond donors (Lipinski definition) is 0. The predicted molar refractivity (Wildman–Crippen MR) is 215 cm³/mol. The molecule has 0 fully saturated rings. The van der Waals surface area contributed by atoms with Crippen molar-refractivity contribution < 1.29 is 39.7 Å². The maximum Gasteiger partial charge on any atom is 0.374 e. The summed E-state index contributed by atoms with van der Waals surface area (Å²) >= 11 is 0. The van der Waals surface area contributed by atoms with Gasteiger partial charge in [-0.15, -0.1) is 0 Å². The van der Waals surface area contributed by atoms with E-state index in [0.29, 0.717) is 51.9 Å². The molecular formula is C45H35N2O8S2-. The Morgan fingerprint density at radius 2 is 1.23 bits per heavy atom. The number of hydrogen-bond acceptors (Lipinski definition) is 9. The molecular weight excluding hydrogens is 761 g/mol. The number of fused-ring (bicyclic) bond motifs is 2. The Morgan fingerprint density at radius 3 is 1.86 bits per heavy atom. The highest BCUT2D eigenvalue weighted by atomic mass is 32.2. The van der Waals surface area contributed by atoms with Crippen LogP contribution in [0, 0.1) is 0 Å². The Kier molecular flexibility index (Phi) is 10.1. The van der Waals surface area contributed by atoms with E-state index in [1.807, 2.05) is 126 Å². The Hall–Kier alpha value is -6.31. The molecule has 6 aromatic carbocycles. The van der Waals surface area contributed by atoms with Crippen molar-refractivity contribution in [1.82, 2.24) is 0 Å². The van der Waals surface area contributed by atoms with Gasteiger partial charge < -0.3 is 23.2 Å². The third-order valence-electron chi connectivity index (χ3n) is 9.84. The van der Waals surface area contributed by atoms with E-state index >= 15 is 0 Å². The maximum absolute atomic E-state index is 12.3. The molecule has 57 heavy (non-hydrogen) atoms. The molecule has 0 saturated heterocycles. The van der Waals surface area contributed by atoms with Gasteiger partial charge in [0.1, 0.15) is 20.2 Å². The van der Waals surface area contributed by atoms with Gasteiger partial charge in [0, 0.05) is 17.7 Å². The molecule has 12 heteroatoms. The zero-order valence-electron chi connectivity index (χ0n) is 30.6. The molecule has 0 amide bonds. The largest absolute Gasteiger partial charge is 0.744 e. The lowest BCUT2D eigenvalue weighted by Crippen LogP contribution is -2.36. The molecule has 0 spiro atoms. The van der Waals surface area contributed by atoms with Gasteiger partial charge in [-0.1, -0.05) is 116 Å². The third kappa shape index (κ3) is 7.89. The van der Waals surface area contributed by atoms with Crippen molar-refractivity contribution in [3.05, 3.63) is 180 Å². The summed E-state index contributed by atoms with van der Waals surface area (Å²) in [6, 6.07) is 43.4. The van der Waals surface area contributed by atoms with Gasteiger partial charge in [0.15, 0.2) is 12.3 Å². The second kappa shape index (κ2) is 15.3. The van der Waals surface area contributed by atoms with Gasteiger partial charge in [0.2, 0.25) is 11.5 Å². The Balaban J connectivity index is 1.27. The van der Waals surface area contributed by atoms with Crippen LogP contribution in [0.2, 0.25) is 0 Å². The molecule has 1 aliphatic heterocycles. The number of oxazole rings is 1. The molecule has 0 bridgehead atoms. The number of aromatic nitrogens is 1. The van der Waals surface area contributed by atoms with Crippen LogP contribution < -0.4 is 14.2 Å². The van der Waals surface area contributed by atoms with Crippen LogP contribution in [0.15, 0.2) is 177 Å². The van der Waals surface area contributed by atoms with Gasteiger partial charge in [-0.05, 0) is 70.1 Å². The molecule has 0 atom stereocenters. The van der Waals surface area contributed by atoms with Crippen molar-refractivity contribution in [1.29, 1.82) is 0 Å². The first-order chi connectivity index (χ1) is 27.5. The lowest BCUT2D eigenvalue weighted by molar-refractivity contribution is -0.669. The summed E-state index contributed by atoms with van der Waals surface area (Å²) in [5.41, 5.74) is 7.04. The van der Waals surface area contributed by atoms with Crippen molar-refractivity contribution in [2.45, 2.75) is 36.2 Å². The zero-order valence-corrected chi connectivity index (χ0v) is 32.2. The van der Waals surface area contributed by atoms with Crippen molar-refractivity contribution >= 4 is 43.1 Å². The number of nitrogens with zero attached hydrogens (tertiary/aromatic N) is 2. The van der Waals surface area contributed by atoms with Gasteiger partial charge in [0.25, 0.3) is 5.52 Å². The smallest absolute Gasteiger partial charge is 0.374 e. The highest BCUT2D eigenvalue weighted by molar-refractivity contribution is 7.86. The lowest BCUT2D eigenvalue weighted by Gasteiger charge is -2.22. The van der Waals surface area contributed by atoms with Crippen molar-refractivity contribution in [2.24, 2.45) is 0 Å². The molecule has 10 nitrogen and oxygen atoms in total. The van der Waals surface area contributed by atoms with E-state index in [1.165, 1.54) is 24.3 Å². The number of rotatable bonds is 11. The van der Waals surface area contributed by atoms with Gasteiger partial charge in [0.05, 0.1) is 28.1 Å². The first-order valence-electron chi connectivity index (χ1n) is 18.1. The molecule has 0 aliphatic carbocycles. The quantitative estimate of drug-likeness (QED) is 0.0928. The van der Waals surface area contributed by atoms with Gasteiger partial charge >= 0.3 is 5.89 Å². The van der Waals surface area contributed by atoms with Crippen LogP contribution in [0.4, 0.5) is 5.69 Å². The minimum atomic E-state index is -4.79. The Morgan fingerprint density at radius 1 is 0.667 bits per heavy atom. The fraction of sp³-hybridized carbons (Fsp3) is 0.0889. The number of anilines is 1. The molecule has 286 valence electrons. The van der Waals surface area contributed by atoms with E-state index in [1.54, 1.807) is 24.3 Å². The average Bonchev–Trinajstić information content (AvgIpc) is 3.73. The summed E-state index contributed by atoms with van der Waals surface area (Å²) in [5, 5.41) is 0. The Labute approximate surface area is 330 Å². The molecule has 1 aromatic heterocycles. The summed E-state index contributed by atoms with van der Waals surface area (Å²) in [6.45, 7) is 1.99. The monoisotopic (exact) mass is 795 g/mol. The van der Waals surface area contributed by atoms with E-state index in [0.717, 1.165) is 27.8 Å². The fourth-order valence-electron chi connectivity index (χ4n) is 7.02. The highest BCUT2D eigenvalue weighted by Crippen LogP contribution is 2.43. The second-order valence-corrected chi connectivity index (χ2v) is 16.2. The SMILES string of the molecule is CCC(=Cc1oc2ccc(-c3ccccc3)cc2[n+]1Cc1ccccc1S(=O)(=O)[O-])C=C1Oc2ccc(-c3ccccc3)cc2N1Cc1ccccc1S(=O)(=O)[O-]. The number of benzene rings is 6. The van der Waals surface area contributed by atoms with Crippen LogP contribution in [-0.2, 0) is 33.3 Å². The molecule has 0 unspecified atom stereocenters. The first-order valence-corrected chi connectivity index (χ1v) is 20.9. The second-order valence-electron chi connectivity index (χ2n) is 13.5. The van der Waals surface area contributed by atoms with Crippen LogP contribution in [-0.4, -0.2) is 25.9 Å². The minimum absolute atomic E-state index is 0.0130. The number of allylic oxidation sites excluding steroid dienone is 2. The van der Waals surface area contributed by atoms with E-state index in [-0.39, 0.29) is 22.9 Å². The van der Waals surface area contributed by atoms with Crippen LogP contribution in [0.1, 0.15) is 30.4 Å². The summed E-state index contributed by atoms with van der Waals surface area (Å²) in [4.78, 5) is 1.20. The van der Waals surface area contributed by atoms with Crippen LogP contribution in [0.25, 0.3) is 39.4 Å². The summed E-state index contributed by atoms with van der Waals surface area (Å²) < 4.78 is 88.8. The molecule has 0 radical (unpaired) electrons. The molecule has 0 saturated carbocycles. The molecule has 1 aliphatic rings. The Bertz CT molecular complexity index is 2920. The van der Waals surface area contributed by atoms with Gasteiger partial charge in [-0.3, -0.25) is 0 Å². The summed E-state index contributed by atoms with van der Waals surface area (Å²) in [7, 11) is -9.57. The van der Waals surface area contributed by atoms with E-state index < -0.39 is 20.2 Å². The predicted octanol–water partition coefficient (Wildman–Crippen LogP) is 8.64. The fourth-order valence-corrected chi connectivity index (χ4v) is 8.42. The minimum Gasteiger partial charge on any atom is -0.744 e. The van der Waals surface area contributed by atoms with Crippen molar-refractivity contribution in [3.63, 3.8) is 0 Å². The van der Waals surface area contributed by atoms with Crippen LogP contribution in [0.5, 0.6) is 5.75 Å². The summed E-state index contributed by atoms with van der Waals surface area (Å²) in [6.07, 6.45) is 4.16. The van der Waals surface area contributed by atoms with E-state index in [9.17, 15) is 25.9 Å². The van der Waals surface area contributed by atoms with E-state index in [4.69, 9.17) is 9.15 Å². The summed E-state index contributed by atoms with van der Waals surface area (Å²) in [5.74, 6) is 1.32. The maximum atomic E-state index is 12.3. The van der Waals surface area contributed by atoms with Crippen molar-refractivity contribution in [2.75, 3.05) is 4.90 Å². The van der Waals surface area contributed by atoms with Gasteiger partial charge in [-0.25, -0.2) is 16.8 Å². The standard InChI is InChI=1S/C45H36N2O8S2/c1-2-31(25-44-46(29-36-17-9-11-19-42(36)56(48,49)50)38-27-34(21-23-40(38)54-44)32-13-5-3-6-14-32)26-45-47(30-37-18-10-12-20-43(37)57(51,52)53)39-28-35(22-24-41(39)55-45)33-15-7-4-8-16-33/h3-28H,2,29-30H2,1H3,(H-,48,49,50,51,52,53)/p-1. The molecule has 2 heterocycles. The highest BCUT2D eigenvalue weighted by Gasteiger charge is 2.30. The zero-order chi connectivity index (χ0) is 39.7. The van der Waals surface area contributed by atoms with Gasteiger partial charge in [-0.2, -0.15) is 4.57 Å². The number of ether oxygens (including phenoxy) is 1. The normalized spacial score (nSPS) is 13.9. The lowest BCUT2D eigenvalue weighted by atomic mass is 10.0. The van der Waals surface area contributed by atoms with Crippen molar-refractivity contribution in [3.8, 4) is 28.0 Å². The topological polar surface area (TPSA) is 144 Å². The molecule has 7 aromatic rings. The molecule has 0 N–H and O–H groups in total. The third-order valence-corrected chi connectivity index (χ3v) is 11.7. The molecule has 8 rings (SSSR count). The average molecular weight is 796 g/mol. The van der Waals surface area contributed by atoms with E-state index in [2.05, 4.69) is 0 Å². The van der Waals surface area contributed by atoms with Crippen LogP contribution in [0.3, 0.4) is 0 Å². The first kappa shape index (κ1) is 37.6.